The van der Waals surface area contributed by atoms with Crippen molar-refractivity contribution >= 4 is 5.91 Å². The molecule has 0 aliphatic carbocycles. The van der Waals surface area contributed by atoms with Crippen LogP contribution in [0.25, 0.3) is 0 Å². The highest BCUT2D eigenvalue weighted by molar-refractivity contribution is 5.76. The van der Waals surface area contributed by atoms with Crippen molar-refractivity contribution in [2.45, 2.75) is 44.7 Å². The van der Waals surface area contributed by atoms with Gasteiger partial charge in [0.15, 0.2) is 0 Å². The predicted molar refractivity (Wildman–Crippen MR) is 85.6 cm³/mol. The summed E-state index contributed by atoms with van der Waals surface area (Å²) in [6.45, 7) is 5.21. The molecule has 0 bridgehead atoms. The molecular formula is C18H24F3NO2. The van der Waals surface area contributed by atoms with E-state index < -0.39 is 17.2 Å². The number of hydrogen-bond donors (Lipinski definition) is 1. The van der Waals surface area contributed by atoms with Crippen molar-refractivity contribution in [3.05, 3.63) is 35.4 Å². The van der Waals surface area contributed by atoms with Gasteiger partial charge in [0, 0.05) is 31.6 Å². The van der Waals surface area contributed by atoms with Crippen LogP contribution in [0, 0.1) is 5.92 Å². The van der Waals surface area contributed by atoms with Crippen LogP contribution in [0.2, 0.25) is 0 Å². The largest absolute Gasteiger partial charge is 0.416 e. The molecule has 3 nitrogen and oxygen atoms in total. The van der Waals surface area contributed by atoms with Crippen LogP contribution in [0.1, 0.15) is 44.2 Å². The molecule has 134 valence electrons. The standard InChI is InChI=1S/C18H24F3NO2/c1-13(2)10-16(23)22-12-17(6-8-24-9-7-17)14-4-3-5-15(11-14)18(19,20)21/h3-5,11,13H,6-10,12H2,1-2H3,(H,22,23). The Morgan fingerprint density at radius 2 is 1.96 bits per heavy atom. The number of rotatable bonds is 5. The molecule has 1 heterocycles. The summed E-state index contributed by atoms with van der Waals surface area (Å²) in [5.74, 6) is 0.173. The first-order valence-electron chi connectivity index (χ1n) is 8.25. The molecule has 24 heavy (non-hydrogen) atoms. The van der Waals surface area contributed by atoms with Gasteiger partial charge in [0.1, 0.15) is 0 Å². The number of alkyl halides is 3. The molecule has 0 unspecified atom stereocenters. The average molecular weight is 343 g/mol. The van der Waals surface area contributed by atoms with Gasteiger partial charge in [-0.3, -0.25) is 4.79 Å². The van der Waals surface area contributed by atoms with Gasteiger partial charge in [-0.1, -0.05) is 32.0 Å². The summed E-state index contributed by atoms with van der Waals surface area (Å²) in [5, 5.41) is 2.91. The van der Waals surface area contributed by atoms with Crippen LogP contribution in [-0.2, 0) is 21.1 Å². The van der Waals surface area contributed by atoms with Gasteiger partial charge in [-0.2, -0.15) is 13.2 Å². The van der Waals surface area contributed by atoms with E-state index in [1.165, 1.54) is 12.1 Å². The summed E-state index contributed by atoms with van der Waals surface area (Å²) in [6.07, 6.45) is -2.77. The van der Waals surface area contributed by atoms with E-state index in [0.29, 0.717) is 44.6 Å². The molecule has 6 heteroatoms. The first kappa shape index (κ1) is 18.8. The molecule has 1 aliphatic heterocycles. The number of amides is 1. The topological polar surface area (TPSA) is 38.3 Å². The maximum Gasteiger partial charge on any atom is 0.416 e. The Kier molecular flexibility index (Phi) is 5.91. The van der Waals surface area contributed by atoms with E-state index in [1.54, 1.807) is 6.07 Å². The highest BCUT2D eigenvalue weighted by Gasteiger charge is 2.37. The minimum absolute atomic E-state index is 0.0668. The van der Waals surface area contributed by atoms with E-state index in [9.17, 15) is 18.0 Å². The second-order valence-electron chi connectivity index (χ2n) is 6.85. The lowest BCUT2D eigenvalue weighted by Crippen LogP contribution is -2.44. The van der Waals surface area contributed by atoms with Crippen molar-refractivity contribution < 1.29 is 22.7 Å². The van der Waals surface area contributed by atoms with Crippen LogP contribution in [-0.4, -0.2) is 25.7 Å². The van der Waals surface area contributed by atoms with Crippen LogP contribution in [0.15, 0.2) is 24.3 Å². The highest BCUT2D eigenvalue weighted by Crippen LogP contribution is 2.37. The third-order valence-electron chi connectivity index (χ3n) is 4.47. The molecule has 1 N–H and O–H groups in total. The Balaban J connectivity index is 2.23. The number of ether oxygens (including phenoxy) is 1. The molecular weight excluding hydrogens is 319 g/mol. The zero-order chi connectivity index (χ0) is 17.8. The summed E-state index contributed by atoms with van der Waals surface area (Å²) in [7, 11) is 0. The number of hydrogen-bond acceptors (Lipinski definition) is 2. The molecule has 1 fully saturated rings. The maximum atomic E-state index is 13.0. The first-order valence-corrected chi connectivity index (χ1v) is 8.25. The smallest absolute Gasteiger partial charge is 0.381 e. The second-order valence-corrected chi connectivity index (χ2v) is 6.85. The van der Waals surface area contributed by atoms with Crippen molar-refractivity contribution in [3.8, 4) is 0 Å². The molecule has 0 aromatic heterocycles. The van der Waals surface area contributed by atoms with E-state index in [-0.39, 0.29) is 11.8 Å². The number of halogens is 3. The molecule has 0 radical (unpaired) electrons. The number of carbonyl (C=O) groups is 1. The van der Waals surface area contributed by atoms with Gasteiger partial charge >= 0.3 is 6.18 Å². The first-order chi connectivity index (χ1) is 11.2. The summed E-state index contributed by atoms with van der Waals surface area (Å²) in [4.78, 5) is 12.0. The van der Waals surface area contributed by atoms with Gasteiger partial charge < -0.3 is 10.1 Å². The zero-order valence-corrected chi connectivity index (χ0v) is 14.1. The average Bonchev–Trinajstić information content (AvgIpc) is 2.53. The van der Waals surface area contributed by atoms with Crippen LogP contribution >= 0.6 is 0 Å². The monoisotopic (exact) mass is 343 g/mol. The van der Waals surface area contributed by atoms with Crippen LogP contribution < -0.4 is 5.32 Å². The Bertz CT molecular complexity index is 564. The summed E-state index contributed by atoms with van der Waals surface area (Å²) < 4.78 is 44.4. The van der Waals surface area contributed by atoms with Crippen molar-refractivity contribution in [2.24, 2.45) is 5.92 Å². The molecule has 2 rings (SSSR count). The van der Waals surface area contributed by atoms with Crippen LogP contribution in [0.4, 0.5) is 13.2 Å². The summed E-state index contributed by atoms with van der Waals surface area (Å²) >= 11 is 0. The number of nitrogens with one attached hydrogen (secondary N) is 1. The predicted octanol–water partition coefficient (Wildman–Crippen LogP) is 3.92. The van der Waals surface area contributed by atoms with Gasteiger partial charge in [-0.25, -0.2) is 0 Å². The van der Waals surface area contributed by atoms with Gasteiger partial charge in [0.25, 0.3) is 0 Å². The molecule has 1 aromatic carbocycles. The van der Waals surface area contributed by atoms with Gasteiger partial charge in [-0.15, -0.1) is 0 Å². The fourth-order valence-electron chi connectivity index (χ4n) is 3.07. The molecule has 1 aliphatic rings. The fourth-order valence-corrected chi connectivity index (χ4v) is 3.07. The highest BCUT2D eigenvalue weighted by atomic mass is 19.4. The third-order valence-corrected chi connectivity index (χ3v) is 4.47. The second kappa shape index (κ2) is 7.55. The molecule has 1 amide bonds. The molecule has 0 atom stereocenters. The van der Waals surface area contributed by atoms with E-state index in [1.807, 2.05) is 13.8 Å². The van der Waals surface area contributed by atoms with Gasteiger partial charge in [0.2, 0.25) is 5.91 Å². The minimum Gasteiger partial charge on any atom is -0.381 e. The molecule has 1 saturated heterocycles. The van der Waals surface area contributed by atoms with E-state index >= 15 is 0 Å². The van der Waals surface area contributed by atoms with Crippen molar-refractivity contribution in [3.63, 3.8) is 0 Å². The Morgan fingerprint density at radius 3 is 2.54 bits per heavy atom. The SMILES string of the molecule is CC(C)CC(=O)NCC1(c2cccc(C(F)(F)F)c2)CCOCC1. The normalized spacial score (nSPS) is 17.8. The quantitative estimate of drug-likeness (QED) is 0.880. The Labute approximate surface area is 140 Å². The summed E-state index contributed by atoms with van der Waals surface area (Å²) in [6, 6.07) is 5.44. The number of benzene rings is 1. The lowest BCUT2D eigenvalue weighted by Gasteiger charge is -2.38. The van der Waals surface area contributed by atoms with Crippen molar-refractivity contribution in [1.29, 1.82) is 0 Å². The maximum absolute atomic E-state index is 13.0. The van der Waals surface area contributed by atoms with Gasteiger partial charge in [0.05, 0.1) is 5.56 Å². The third kappa shape index (κ3) is 4.72. The lowest BCUT2D eigenvalue weighted by atomic mass is 9.73. The lowest BCUT2D eigenvalue weighted by molar-refractivity contribution is -0.137. The van der Waals surface area contributed by atoms with Crippen LogP contribution in [0.3, 0.4) is 0 Å². The fraction of sp³-hybridized carbons (Fsp3) is 0.611. The van der Waals surface area contributed by atoms with Crippen molar-refractivity contribution in [2.75, 3.05) is 19.8 Å². The Morgan fingerprint density at radius 1 is 1.29 bits per heavy atom. The Hall–Kier alpha value is -1.56. The van der Waals surface area contributed by atoms with E-state index in [4.69, 9.17) is 4.74 Å². The van der Waals surface area contributed by atoms with Crippen LogP contribution in [0.5, 0.6) is 0 Å². The van der Waals surface area contributed by atoms with E-state index in [0.717, 1.165) is 6.07 Å². The molecule has 0 saturated carbocycles. The van der Waals surface area contributed by atoms with Crippen molar-refractivity contribution in [1.82, 2.24) is 5.32 Å². The molecule has 0 spiro atoms. The zero-order valence-electron chi connectivity index (χ0n) is 14.1. The molecule has 1 aromatic rings. The number of carbonyl (C=O) groups excluding carboxylic acids is 1. The van der Waals surface area contributed by atoms with Gasteiger partial charge in [-0.05, 0) is 30.4 Å². The minimum atomic E-state index is -4.37. The van der Waals surface area contributed by atoms with E-state index in [2.05, 4.69) is 5.32 Å². The summed E-state index contributed by atoms with van der Waals surface area (Å²) in [5.41, 5.74) is -0.545.